The first kappa shape index (κ1) is 30.9. The largest absolute Gasteiger partial charge is 0.405 e. The number of alkyl halides is 3. The summed E-state index contributed by atoms with van der Waals surface area (Å²) in [6.45, 7) is 0.612. The van der Waals surface area contributed by atoms with Gasteiger partial charge in [0, 0.05) is 43.0 Å². The number of urea groups is 2. The molecule has 0 spiro atoms. The Morgan fingerprint density at radius 1 is 1.23 bits per heavy atom. The van der Waals surface area contributed by atoms with E-state index >= 15 is 0 Å². The second kappa shape index (κ2) is 13.3. The highest BCUT2D eigenvalue weighted by molar-refractivity contribution is 5.99. The molecule has 3 heterocycles. The van der Waals surface area contributed by atoms with E-state index in [-0.39, 0.29) is 18.1 Å². The van der Waals surface area contributed by atoms with Crippen molar-refractivity contribution in [3.8, 4) is 17.3 Å². The molecule has 12 nitrogen and oxygen atoms in total. The van der Waals surface area contributed by atoms with Gasteiger partial charge >= 0.3 is 18.2 Å². The van der Waals surface area contributed by atoms with Crippen LogP contribution in [0.4, 0.5) is 28.4 Å². The lowest BCUT2D eigenvalue weighted by atomic mass is 9.87. The van der Waals surface area contributed by atoms with Crippen molar-refractivity contribution >= 4 is 42.5 Å². The molecule has 4 amide bonds. The van der Waals surface area contributed by atoms with Gasteiger partial charge in [0.05, 0.1) is 43.4 Å². The van der Waals surface area contributed by atoms with E-state index in [0.717, 1.165) is 38.4 Å². The van der Waals surface area contributed by atoms with Gasteiger partial charge in [0.1, 0.15) is 17.9 Å². The number of nitrogens with zero attached hydrogens (tertiary/aromatic N) is 5. The number of amides is 4. The van der Waals surface area contributed by atoms with E-state index < -0.39 is 30.2 Å². The molecule has 0 radical (unpaired) electrons. The molecule has 5 N–H and O–H groups in total. The van der Waals surface area contributed by atoms with Crippen LogP contribution in [-0.4, -0.2) is 94.9 Å². The standard InChI is InChI=1S/C28H31F3N10O2/c29-28(30,31)16-36-25(42)38-22-5-3-4-19(10-22)23-15-35-24(39-23)11-20(12-33)21(13-34)14-37-27(6-7-32)17-41(18-27)26(43)40-8-1-2-9-40/h3-5,10-15,21,33-34H,1-2,6,8-9,16-18H2,(H,35,39)(H2,36,38,42)/b20-11+,33-12?,34-13?,37-14?. The lowest BCUT2D eigenvalue weighted by molar-refractivity contribution is -0.122. The van der Waals surface area contributed by atoms with E-state index in [0.29, 0.717) is 35.7 Å². The lowest BCUT2D eigenvalue weighted by Crippen LogP contribution is -2.64. The number of nitrogens with one attached hydrogen (secondary N) is 5. The summed E-state index contributed by atoms with van der Waals surface area (Å²) in [5, 5.41) is 29.3. The zero-order chi connectivity index (χ0) is 31.0. The molecule has 1 aromatic heterocycles. The van der Waals surface area contributed by atoms with Crippen LogP contribution >= 0.6 is 0 Å². The first-order chi connectivity index (χ1) is 20.5. The number of carbonyl (C=O) groups excluding carboxylic acids is 2. The highest BCUT2D eigenvalue weighted by Crippen LogP contribution is 2.31. The van der Waals surface area contributed by atoms with E-state index in [1.807, 2.05) is 0 Å². The van der Waals surface area contributed by atoms with E-state index in [2.05, 4.69) is 26.3 Å². The summed E-state index contributed by atoms with van der Waals surface area (Å²) < 4.78 is 37.0. The summed E-state index contributed by atoms with van der Waals surface area (Å²) in [5.41, 5.74) is 1.04. The second-order valence-corrected chi connectivity index (χ2v) is 10.3. The van der Waals surface area contributed by atoms with Crippen LogP contribution < -0.4 is 10.6 Å². The molecular weight excluding hydrogens is 565 g/mol. The number of benzene rings is 1. The Hall–Kier alpha value is -5.00. The normalized spacial score (nSPS) is 17.2. The fraction of sp³-hybridized carbons (Fsp3) is 0.393. The number of imidazole rings is 1. The Labute approximate surface area is 245 Å². The predicted molar refractivity (Wildman–Crippen MR) is 155 cm³/mol. The molecule has 0 aliphatic carbocycles. The fourth-order valence-corrected chi connectivity index (χ4v) is 4.83. The Kier molecular flexibility index (Phi) is 9.59. The number of rotatable bonds is 10. The summed E-state index contributed by atoms with van der Waals surface area (Å²) in [6.07, 6.45) is 4.36. The SMILES string of the molecule is N#CCC1(N=CC(C=N)/C(C=N)=C/c2ncc(-c3cccc(NC(=O)NCC(F)(F)F)c3)[nH]2)CN(C(=O)N2CCCC2)C1. The van der Waals surface area contributed by atoms with Crippen LogP contribution in [0.2, 0.25) is 0 Å². The number of anilines is 1. The molecule has 0 bridgehead atoms. The summed E-state index contributed by atoms with van der Waals surface area (Å²) >= 11 is 0. The maximum absolute atomic E-state index is 12.7. The molecule has 2 aliphatic heterocycles. The van der Waals surface area contributed by atoms with Crippen molar-refractivity contribution in [3.63, 3.8) is 0 Å². The Morgan fingerprint density at radius 2 is 1.98 bits per heavy atom. The van der Waals surface area contributed by atoms with Crippen LogP contribution in [0.1, 0.15) is 25.1 Å². The molecule has 1 aromatic carbocycles. The van der Waals surface area contributed by atoms with E-state index in [9.17, 15) is 28.0 Å². The highest BCUT2D eigenvalue weighted by Gasteiger charge is 2.46. The summed E-state index contributed by atoms with van der Waals surface area (Å²) in [5.74, 6) is -0.319. The van der Waals surface area contributed by atoms with Gasteiger partial charge in [0.15, 0.2) is 0 Å². The minimum atomic E-state index is -4.53. The van der Waals surface area contributed by atoms with Crippen LogP contribution in [0.25, 0.3) is 17.3 Å². The van der Waals surface area contributed by atoms with E-state index in [4.69, 9.17) is 10.8 Å². The second-order valence-electron chi connectivity index (χ2n) is 10.3. The average Bonchev–Trinajstić information content (AvgIpc) is 3.66. The molecule has 4 rings (SSSR count). The zero-order valence-corrected chi connectivity index (χ0v) is 23.1. The number of hydrogen-bond acceptors (Lipinski definition) is 7. The topological polar surface area (TPSA) is 177 Å². The number of allylic oxidation sites excluding steroid dienone is 1. The van der Waals surface area contributed by atoms with Crippen molar-refractivity contribution < 1.29 is 22.8 Å². The van der Waals surface area contributed by atoms with Gasteiger partial charge in [0.25, 0.3) is 0 Å². The van der Waals surface area contributed by atoms with Gasteiger partial charge in [0.2, 0.25) is 0 Å². The first-order valence-corrected chi connectivity index (χ1v) is 13.5. The number of halogens is 3. The Balaban J connectivity index is 1.43. The van der Waals surface area contributed by atoms with Gasteiger partial charge in [-0.1, -0.05) is 12.1 Å². The minimum absolute atomic E-state index is 0.0513. The third-order valence-electron chi connectivity index (χ3n) is 7.05. The van der Waals surface area contributed by atoms with Gasteiger partial charge in [-0.25, -0.2) is 14.6 Å². The summed E-state index contributed by atoms with van der Waals surface area (Å²) in [7, 11) is 0. The van der Waals surface area contributed by atoms with Crippen LogP contribution in [0.5, 0.6) is 0 Å². The van der Waals surface area contributed by atoms with Crippen LogP contribution in [-0.2, 0) is 0 Å². The lowest BCUT2D eigenvalue weighted by Gasteiger charge is -2.47. The van der Waals surface area contributed by atoms with Crippen molar-refractivity contribution in [2.24, 2.45) is 10.9 Å². The molecule has 43 heavy (non-hydrogen) atoms. The number of aromatic amines is 1. The predicted octanol–water partition coefficient (Wildman–Crippen LogP) is 4.31. The maximum atomic E-state index is 12.7. The third-order valence-corrected chi connectivity index (χ3v) is 7.05. The highest BCUT2D eigenvalue weighted by atomic mass is 19.4. The van der Waals surface area contributed by atoms with Crippen LogP contribution in [0.3, 0.4) is 0 Å². The smallest absolute Gasteiger partial charge is 0.338 e. The molecule has 226 valence electrons. The van der Waals surface area contributed by atoms with Gasteiger partial charge in [-0.3, -0.25) is 4.99 Å². The molecule has 1 atom stereocenters. The van der Waals surface area contributed by atoms with Crippen molar-refractivity contribution in [1.82, 2.24) is 25.1 Å². The number of aliphatic imine (C=N–C) groups is 1. The Morgan fingerprint density at radius 3 is 2.63 bits per heavy atom. The number of aromatic nitrogens is 2. The molecular formula is C28H31F3N10O2. The van der Waals surface area contributed by atoms with Crippen molar-refractivity contribution in [3.05, 3.63) is 41.9 Å². The molecule has 2 aliphatic rings. The van der Waals surface area contributed by atoms with Crippen molar-refractivity contribution in [2.75, 3.05) is 38.0 Å². The summed E-state index contributed by atoms with van der Waals surface area (Å²) in [4.78, 5) is 40.0. The number of carbonyl (C=O) groups is 2. The van der Waals surface area contributed by atoms with Crippen molar-refractivity contribution in [2.45, 2.75) is 31.0 Å². The molecule has 2 saturated heterocycles. The molecule has 2 fully saturated rings. The van der Waals surface area contributed by atoms with E-state index in [1.54, 1.807) is 39.4 Å². The van der Waals surface area contributed by atoms with Crippen molar-refractivity contribution in [1.29, 1.82) is 16.1 Å². The third kappa shape index (κ3) is 8.06. The average molecular weight is 597 g/mol. The van der Waals surface area contributed by atoms with Crippen LogP contribution in [0, 0.1) is 28.1 Å². The minimum Gasteiger partial charge on any atom is -0.338 e. The number of hydrogen-bond donors (Lipinski definition) is 5. The van der Waals surface area contributed by atoms with Gasteiger partial charge in [-0.2, -0.15) is 18.4 Å². The monoisotopic (exact) mass is 596 g/mol. The molecule has 2 aromatic rings. The number of H-pyrrole nitrogens is 1. The number of nitriles is 1. The van der Waals surface area contributed by atoms with E-state index in [1.165, 1.54) is 18.5 Å². The zero-order valence-electron chi connectivity index (χ0n) is 23.1. The molecule has 1 unspecified atom stereocenters. The Bertz CT molecular complexity index is 1450. The first-order valence-electron chi connectivity index (χ1n) is 13.5. The quantitative estimate of drug-likeness (QED) is 0.257. The van der Waals surface area contributed by atoms with Gasteiger partial charge in [-0.05, 0) is 36.6 Å². The maximum Gasteiger partial charge on any atom is 0.405 e. The molecule has 0 saturated carbocycles. The van der Waals surface area contributed by atoms with Crippen LogP contribution in [0.15, 0.2) is 41.0 Å². The van der Waals surface area contributed by atoms with Gasteiger partial charge < -0.3 is 36.2 Å². The van der Waals surface area contributed by atoms with Gasteiger partial charge in [-0.15, -0.1) is 0 Å². The molecule has 15 heteroatoms. The summed E-state index contributed by atoms with van der Waals surface area (Å²) in [6, 6.07) is 7.51. The fourth-order valence-electron chi connectivity index (χ4n) is 4.83. The number of likely N-dealkylation sites (tertiary alicyclic amines) is 2.